The van der Waals surface area contributed by atoms with Crippen molar-refractivity contribution in [2.24, 2.45) is 17.8 Å². The fourth-order valence-corrected chi connectivity index (χ4v) is 7.21. The van der Waals surface area contributed by atoms with Crippen LogP contribution in [0.3, 0.4) is 0 Å². The van der Waals surface area contributed by atoms with Crippen LogP contribution in [0.4, 0.5) is 5.69 Å². The number of rotatable bonds is 9. The van der Waals surface area contributed by atoms with E-state index in [9.17, 15) is 19.5 Å². The maximum Gasteiger partial charge on any atom is 0.253 e. The van der Waals surface area contributed by atoms with Gasteiger partial charge < -0.3 is 24.5 Å². The van der Waals surface area contributed by atoms with Crippen LogP contribution in [-0.4, -0.2) is 83.2 Å². The van der Waals surface area contributed by atoms with Gasteiger partial charge in [-0.05, 0) is 42.2 Å². The molecule has 0 aliphatic carbocycles. The Kier molecular flexibility index (Phi) is 6.89. The summed E-state index contributed by atoms with van der Waals surface area (Å²) in [5, 5.41) is 12.0. The minimum absolute atomic E-state index is 0.0228. The summed E-state index contributed by atoms with van der Waals surface area (Å²) in [6, 6.07) is 12.7. The molecule has 5 rings (SSSR count). The summed E-state index contributed by atoms with van der Waals surface area (Å²) in [6.07, 6.45) is 3.76. The summed E-state index contributed by atoms with van der Waals surface area (Å²) in [7, 11) is 1.69. The summed E-state index contributed by atoms with van der Waals surface area (Å²) in [5.74, 6) is -2.45. The Bertz CT molecular complexity index is 1340. The third-order valence-corrected chi connectivity index (χ3v) is 9.06. The van der Waals surface area contributed by atoms with Crippen molar-refractivity contribution in [3.63, 3.8) is 0 Å². The fourth-order valence-electron chi connectivity index (χ4n) is 7.21. The van der Waals surface area contributed by atoms with E-state index < -0.39 is 29.1 Å². The molecular weight excluding hydrogens is 494 g/mol. The first-order valence-corrected chi connectivity index (χ1v) is 13.5. The summed E-state index contributed by atoms with van der Waals surface area (Å²) in [6.45, 7) is 11.8. The maximum atomic E-state index is 14.6. The first kappa shape index (κ1) is 27.1. The zero-order valence-electron chi connectivity index (χ0n) is 22.9. The first-order valence-electron chi connectivity index (χ1n) is 13.5. The highest BCUT2D eigenvalue weighted by molar-refractivity contribution is 6.06. The monoisotopic (exact) mass is 531 g/mol. The van der Waals surface area contributed by atoms with Crippen LogP contribution < -0.4 is 4.90 Å². The van der Waals surface area contributed by atoms with E-state index in [1.807, 2.05) is 56.3 Å². The summed E-state index contributed by atoms with van der Waals surface area (Å²) >= 11 is 0. The fraction of sp³-hybridized carbons (Fsp3) is 0.452. The van der Waals surface area contributed by atoms with Crippen LogP contribution >= 0.6 is 0 Å². The molecular formula is C31H37N3O5. The molecule has 3 fully saturated rings. The molecule has 3 aliphatic rings. The molecule has 3 aliphatic heterocycles. The quantitative estimate of drug-likeness (QED) is 0.503. The molecule has 0 aromatic heterocycles. The van der Waals surface area contributed by atoms with Gasteiger partial charge in [-0.3, -0.25) is 14.4 Å². The predicted molar refractivity (Wildman–Crippen MR) is 150 cm³/mol. The third kappa shape index (κ3) is 3.92. The Balaban J connectivity index is 1.61. The third-order valence-electron chi connectivity index (χ3n) is 9.06. The highest BCUT2D eigenvalue weighted by Gasteiger charge is 2.80. The van der Waals surface area contributed by atoms with Crippen molar-refractivity contribution in [2.45, 2.75) is 37.5 Å². The number of fused-ring (bicyclic) bond motifs is 2. The molecule has 39 heavy (non-hydrogen) atoms. The Labute approximate surface area is 229 Å². The number of aliphatic hydroxyl groups is 1. The van der Waals surface area contributed by atoms with Crippen LogP contribution in [0.1, 0.15) is 20.3 Å². The number of aliphatic hydroxyl groups excluding tert-OH is 1. The number of anilines is 1. The van der Waals surface area contributed by atoms with E-state index in [-0.39, 0.29) is 43.3 Å². The van der Waals surface area contributed by atoms with Crippen molar-refractivity contribution in [3.05, 3.63) is 67.8 Å². The van der Waals surface area contributed by atoms with Crippen molar-refractivity contribution in [1.82, 2.24) is 9.80 Å². The number of carbonyl (C=O) groups is 3. The maximum absolute atomic E-state index is 14.6. The number of benzene rings is 2. The summed E-state index contributed by atoms with van der Waals surface area (Å²) in [4.78, 5) is 47.0. The van der Waals surface area contributed by atoms with Crippen LogP contribution in [0.15, 0.2) is 67.8 Å². The van der Waals surface area contributed by atoms with Crippen LogP contribution in [-0.2, 0) is 19.1 Å². The Morgan fingerprint density at radius 2 is 1.82 bits per heavy atom. The van der Waals surface area contributed by atoms with Crippen LogP contribution in [0.5, 0.6) is 0 Å². The number of nitrogens with zero attached hydrogens (tertiary/aromatic N) is 3. The standard InChI is InChI=1S/C31H37N3O5/c1-6-14-32(5)27(36)24-25-28(37)34(16-17-35)26(31(25)19-20(3)30(24,4)39-31)29(38)33(15-7-2)23-13-12-21-10-8-9-11-22(21)18-23/h6-13,18,20,24-26,35H,1-2,14-17,19H2,3-5H3/t20?,24-,25+,26?,30+,31?/m1/s1. The van der Waals surface area contributed by atoms with E-state index in [0.29, 0.717) is 18.7 Å². The zero-order chi connectivity index (χ0) is 28.1. The molecule has 2 bridgehead atoms. The van der Waals surface area contributed by atoms with E-state index in [1.54, 1.807) is 29.0 Å². The predicted octanol–water partition coefficient (Wildman–Crippen LogP) is 3.01. The Morgan fingerprint density at radius 1 is 1.13 bits per heavy atom. The number of hydrogen-bond acceptors (Lipinski definition) is 5. The van der Waals surface area contributed by atoms with Gasteiger partial charge >= 0.3 is 0 Å². The molecule has 3 saturated heterocycles. The van der Waals surface area contributed by atoms with Crippen LogP contribution in [0, 0.1) is 17.8 Å². The van der Waals surface area contributed by atoms with Gasteiger partial charge in [0.25, 0.3) is 5.91 Å². The second kappa shape index (κ2) is 9.92. The topological polar surface area (TPSA) is 90.4 Å². The molecule has 1 N–H and O–H groups in total. The lowest BCUT2D eigenvalue weighted by molar-refractivity contribution is -0.150. The number of hydrogen-bond donors (Lipinski definition) is 1. The van der Waals surface area contributed by atoms with Gasteiger partial charge in [0.15, 0.2) is 0 Å². The van der Waals surface area contributed by atoms with Crippen molar-refractivity contribution in [2.75, 3.05) is 38.2 Å². The molecule has 8 heteroatoms. The number of carbonyl (C=O) groups excluding carboxylic acids is 3. The number of likely N-dealkylation sites (N-methyl/N-ethyl adjacent to an activating group) is 1. The average molecular weight is 532 g/mol. The van der Waals surface area contributed by atoms with Crippen LogP contribution in [0.25, 0.3) is 10.8 Å². The zero-order valence-corrected chi connectivity index (χ0v) is 22.9. The minimum atomic E-state index is -1.18. The molecule has 206 valence electrons. The molecule has 2 aromatic rings. The molecule has 6 atom stereocenters. The molecule has 3 amide bonds. The van der Waals surface area contributed by atoms with Crippen LogP contribution in [0.2, 0.25) is 0 Å². The largest absolute Gasteiger partial charge is 0.395 e. The van der Waals surface area contributed by atoms with E-state index in [1.165, 1.54) is 4.90 Å². The molecule has 0 radical (unpaired) electrons. The second-order valence-corrected chi connectivity index (χ2v) is 11.2. The lowest BCUT2D eigenvalue weighted by Crippen LogP contribution is -2.57. The molecule has 1 spiro atoms. The lowest BCUT2D eigenvalue weighted by Gasteiger charge is -2.38. The lowest BCUT2D eigenvalue weighted by atomic mass is 9.62. The molecule has 3 unspecified atom stereocenters. The smallest absolute Gasteiger partial charge is 0.253 e. The number of ether oxygens (including phenoxy) is 1. The van der Waals surface area contributed by atoms with Crippen molar-refractivity contribution >= 4 is 34.2 Å². The summed E-state index contributed by atoms with van der Waals surface area (Å²) in [5.41, 5.74) is -1.40. The summed E-state index contributed by atoms with van der Waals surface area (Å²) < 4.78 is 6.77. The average Bonchev–Trinajstić information content (AvgIpc) is 3.43. The van der Waals surface area contributed by atoms with Gasteiger partial charge in [0.1, 0.15) is 11.6 Å². The van der Waals surface area contributed by atoms with E-state index >= 15 is 0 Å². The molecule has 8 nitrogen and oxygen atoms in total. The molecule has 3 heterocycles. The van der Waals surface area contributed by atoms with E-state index in [2.05, 4.69) is 13.2 Å². The molecule has 0 saturated carbocycles. The number of β-amino-alcohol motifs (C(OH)–C–C–N with tert-alkyl or cyclic N) is 1. The van der Waals surface area contributed by atoms with Gasteiger partial charge in [0.2, 0.25) is 11.8 Å². The van der Waals surface area contributed by atoms with Gasteiger partial charge in [-0.1, -0.05) is 49.4 Å². The van der Waals surface area contributed by atoms with Crippen molar-refractivity contribution in [3.8, 4) is 0 Å². The van der Waals surface area contributed by atoms with Gasteiger partial charge in [0.05, 0.1) is 24.0 Å². The van der Waals surface area contributed by atoms with E-state index in [4.69, 9.17) is 4.74 Å². The number of likely N-dealkylation sites (tertiary alicyclic amines) is 1. The highest BCUT2D eigenvalue weighted by Crippen LogP contribution is 2.65. The van der Waals surface area contributed by atoms with Gasteiger partial charge in [-0.15, -0.1) is 13.2 Å². The minimum Gasteiger partial charge on any atom is -0.395 e. The Hall–Kier alpha value is -3.49. The highest BCUT2D eigenvalue weighted by atomic mass is 16.5. The first-order chi connectivity index (χ1) is 18.6. The van der Waals surface area contributed by atoms with Gasteiger partial charge in [-0.2, -0.15) is 0 Å². The Morgan fingerprint density at radius 3 is 2.49 bits per heavy atom. The van der Waals surface area contributed by atoms with Gasteiger partial charge in [-0.25, -0.2) is 0 Å². The van der Waals surface area contributed by atoms with Crippen molar-refractivity contribution in [1.29, 1.82) is 0 Å². The van der Waals surface area contributed by atoms with Gasteiger partial charge in [0, 0.05) is 32.4 Å². The van der Waals surface area contributed by atoms with Crippen molar-refractivity contribution < 1.29 is 24.2 Å². The number of amides is 3. The SMILES string of the molecule is C=CCN(C)C(=O)[C@H]1[C@H]2C(=O)N(CCO)C(C(=O)N(CC=C)c3ccc4ccccc4c3)C23CC(C)[C@]1(C)O3. The van der Waals surface area contributed by atoms with E-state index in [0.717, 1.165) is 10.8 Å². The molecule has 2 aromatic carbocycles. The second-order valence-electron chi connectivity index (χ2n) is 11.2. The normalized spacial score (nSPS) is 30.9.